The molecule has 0 amide bonds. The molecule has 27 heavy (non-hydrogen) atoms. The number of aldehydes is 1. The highest BCUT2D eigenvalue weighted by Crippen LogP contribution is 2.27. The van der Waals surface area contributed by atoms with Gasteiger partial charge in [-0.05, 0) is 63.4 Å². The van der Waals surface area contributed by atoms with Gasteiger partial charge in [0.25, 0.3) is 0 Å². The van der Waals surface area contributed by atoms with Crippen LogP contribution < -0.4 is 4.74 Å². The number of rotatable bonds is 6. The van der Waals surface area contributed by atoms with Crippen LogP contribution in [0.3, 0.4) is 0 Å². The largest absolute Gasteiger partial charge is 0.493 e. The van der Waals surface area contributed by atoms with Gasteiger partial charge >= 0.3 is 5.97 Å². The second-order valence-electron chi connectivity index (χ2n) is 7.96. The summed E-state index contributed by atoms with van der Waals surface area (Å²) in [5, 5.41) is 0. The summed E-state index contributed by atoms with van der Waals surface area (Å²) in [5.41, 5.74) is 2.41. The second-order valence-corrected chi connectivity index (χ2v) is 7.96. The normalized spacial score (nSPS) is 11.4. The van der Waals surface area contributed by atoms with E-state index in [1.807, 2.05) is 47.6 Å². The monoisotopic (exact) mass is 369 g/mol. The fourth-order valence-corrected chi connectivity index (χ4v) is 2.42. The molecule has 0 unspecified atom stereocenters. The Labute approximate surface area is 160 Å². The summed E-state index contributed by atoms with van der Waals surface area (Å²) in [6.07, 6.45) is 2.40. The number of hydrogen-bond donors (Lipinski definition) is 0. The van der Waals surface area contributed by atoms with Crippen molar-refractivity contribution in [2.24, 2.45) is 5.92 Å². The van der Waals surface area contributed by atoms with E-state index >= 15 is 0 Å². The molecule has 0 saturated heterocycles. The lowest BCUT2D eigenvalue weighted by molar-refractivity contribution is 0.00686. The number of nitrogens with zero attached hydrogens (tertiary/aromatic N) is 1. The Balaban J connectivity index is 2.36. The van der Waals surface area contributed by atoms with Crippen molar-refractivity contribution >= 4 is 12.3 Å². The summed E-state index contributed by atoms with van der Waals surface area (Å²) in [5.74, 6) is 0.511. The summed E-state index contributed by atoms with van der Waals surface area (Å²) in [4.78, 5) is 28.3. The van der Waals surface area contributed by atoms with Crippen LogP contribution in [0.4, 0.5) is 0 Å². The molecule has 0 fully saturated rings. The number of ether oxygens (including phenoxy) is 2. The van der Waals surface area contributed by atoms with Crippen LogP contribution in [-0.4, -0.2) is 29.4 Å². The maximum absolute atomic E-state index is 12.5. The van der Waals surface area contributed by atoms with Gasteiger partial charge in [-0.2, -0.15) is 0 Å². The van der Waals surface area contributed by atoms with Gasteiger partial charge in [0.2, 0.25) is 0 Å². The van der Waals surface area contributed by atoms with Gasteiger partial charge in [-0.1, -0.05) is 13.8 Å². The van der Waals surface area contributed by atoms with Crippen LogP contribution >= 0.6 is 0 Å². The zero-order valence-corrected chi connectivity index (χ0v) is 16.8. The molecule has 2 aromatic rings. The van der Waals surface area contributed by atoms with Crippen molar-refractivity contribution in [2.75, 3.05) is 6.61 Å². The van der Waals surface area contributed by atoms with Gasteiger partial charge in [-0.25, -0.2) is 4.79 Å². The fraction of sp³-hybridized carbons (Fsp3) is 0.409. The maximum atomic E-state index is 12.5. The van der Waals surface area contributed by atoms with E-state index in [1.165, 1.54) is 0 Å². The van der Waals surface area contributed by atoms with E-state index in [0.29, 0.717) is 35.1 Å². The Bertz CT molecular complexity index is 835. The minimum absolute atomic E-state index is 0.360. The molecule has 0 aliphatic carbocycles. The zero-order chi connectivity index (χ0) is 20.2. The van der Waals surface area contributed by atoms with Crippen molar-refractivity contribution < 1.29 is 19.1 Å². The molecule has 0 atom stereocenters. The van der Waals surface area contributed by atoms with E-state index < -0.39 is 11.6 Å². The van der Waals surface area contributed by atoms with E-state index in [2.05, 4.69) is 4.98 Å². The van der Waals surface area contributed by atoms with Gasteiger partial charge in [0.05, 0.1) is 23.4 Å². The van der Waals surface area contributed by atoms with E-state index in [-0.39, 0.29) is 0 Å². The molecule has 144 valence electrons. The third kappa shape index (κ3) is 5.64. The molecule has 1 aromatic heterocycles. The van der Waals surface area contributed by atoms with Gasteiger partial charge in [-0.3, -0.25) is 9.78 Å². The smallest absolute Gasteiger partial charge is 0.339 e. The van der Waals surface area contributed by atoms with Gasteiger partial charge in [0.15, 0.2) is 6.29 Å². The topological polar surface area (TPSA) is 65.5 Å². The highest BCUT2D eigenvalue weighted by Gasteiger charge is 2.20. The van der Waals surface area contributed by atoms with E-state index in [1.54, 1.807) is 24.4 Å². The van der Waals surface area contributed by atoms with Crippen molar-refractivity contribution in [3.8, 4) is 17.0 Å². The Morgan fingerprint density at radius 1 is 1.22 bits per heavy atom. The van der Waals surface area contributed by atoms with Gasteiger partial charge in [0.1, 0.15) is 11.4 Å². The molecule has 5 heteroatoms. The molecule has 0 bridgehead atoms. The quantitative estimate of drug-likeness (QED) is 0.537. The number of hydrogen-bond acceptors (Lipinski definition) is 5. The Morgan fingerprint density at radius 2 is 1.93 bits per heavy atom. The van der Waals surface area contributed by atoms with Crippen molar-refractivity contribution in [3.63, 3.8) is 0 Å². The molecule has 0 radical (unpaired) electrons. The van der Waals surface area contributed by atoms with E-state index in [9.17, 15) is 9.59 Å². The number of aromatic nitrogens is 1. The summed E-state index contributed by atoms with van der Waals surface area (Å²) in [6.45, 7) is 11.9. The molecule has 0 aliphatic rings. The van der Waals surface area contributed by atoms with Crippen LogP contribution in [-0.2, 0) is 4.74 Å². The Hall–Kier alpha value is -2.69. The summed E-state index contributed by atoms with van der Waals surface area (Å²) >= 11 is 0. The minimum atomic E-state index is -0.576. The van der Waals surface area contributed by atoms with Crippen molar-refractivity contribution in [1.82, 2.24) is 4.98 Å². The predicted octanol–water partition coefficient (Wildman–Crippen LogP) is 4.86. The molecule has 0 saturated carbocycles. The van der Waals surface area contributed by atoms with Crippen LogP contribution in [0.5, 0.6) is 5.75 Å². The summed E-state index contributed by atoms with van der Waals surface area (Å²) < 4.78 is 11.2. The average molecular weight is 369 g/mol. The molecular formula is C22H27NO4. The molecule has 0 N–H and O–H groups in total. The van der Waals surface area contributed by atoms with Crippen molar-refractivity contribution in [3.05, 3.63) is 47.2 Å². The Kier molecular flexibility index (Phi) is 6.37. The van der Waals surface area contributed by atoms with Crippen LogP contribution in [0.15, 0.2) is 30.5 Å². The van der Waals surface area contributed by atoms with Crippen molar-refractivity contribution in [1.29, 1.82) is 0 Å². The number of aryl methyl sites for hydroxylation is 1. The van der Waals surface area contributed by atoms with Gasteiger partial charge < -0.3 is 9.47 Å². The zero-order valence-electron chi connectivity index (χ0n) is 16.8. The predicted molar refractivity (Wildman–Crippen MR) is 105 cm³/mol. The van der Waals surface area contributed by atoms with E-state index in [0.717, 1.165) is 17.4 Å². The van der Waals surface area contributed by atoms with Crippen molar-refractivity contribution in [2.45, 2.75) is 47.1 Å². The van der Waals surface area contributed by atoms with Crippen LogP contribution in [0.25, 0.3) is 11.3 Å². The molecular weight excluding hydrogens is 342 g/mol. The lowest BCUT2D eigenvalue weighted by atomic mass is 10.0. The second kappa shape index (κ2) is 8.33. The third-order valence-electron chi connectivity index (χ3n) is 3.73. The highest BCUT2D eigenvalue weighted by molar-refractivity contribution is 5.92. The first-order valence-electron chi connectivity index (χ1n) is 9.03. The third-order valence-corrected chi connectivity index (χ3v) is 3.73. The standard InChI is InChI=1S/C22H27NO4/c1-14(2)13-26-20-8-7-16(9-17(20)12-24)19-10-18(15(3)11-23-19)21(25)27-22(4,5)6/h7-12,14H,13H2,1-6H3. The van der Waals surface area contributed by atoms with Crippen LogP contribution in [0, 0.1) is 12.8 Å². The van der Waals surface area contributed by atoms with Crippen LogP contribution in [0.2, 0.25) is 0 Å². The first-order chi connectivity index (χ1) is 12.6. The highest BCUT2D eigenvalue weighted by atomic mass is 16.6. The minimum Gasteiger partial charge on any atom is -0.493 e. The molecule has 1 aromatic carbocycles. The first-order valence-corrected chi connectivity index (χ1v) is 9.03. The SMILES string of the molecule is Cc1cnc(-c2ccc(OCC(C)C)c(C=O)c2)cc1C(=O)OC(C)(C)C. The number of benzene rings is 1. The van der Waals surface area contributed by atoms with Gasteiger partial charge in [0, 0.05) is 11.8 Å². The van der Waals surface area contributed by atoms with Crippen LogP contribution in [0.1, 0.15) is 60.9 Å². The first kappa shape index (κ1) is 20.6. The molecule has 0 aliphatic heterocycles. The number of carbonyl (C=O) groups is 2. The lowest BCUT2D eigenvalue weighted by Crippen LogP contribution is -2.24. The number of esters is 1. The number of pyridine rings is 1. The maximum Gasteiger partial charge on any atom is 0.339 e. The molecule has 5 nitrogen and oxygen atoms in total. The summed E-state index contributed by atoms with van der Waals surface area (Å²) in [6, 6.07) is 7.01. The van der Waals surface area contributed by atoms with E-state index in [4.69, 9.17) is 9.47 Å². The fourth-order valence-electron chi connectivity index (χ4n) is 2.42. The number of carbonyl (C=O) groups excluding carboxylic acids is 2. The lowest BCUT2D eigenvalue weighted by Gasteiger charge is -2.20. The molecule has 2 rings (SSSR count). The molecule has 1 heterocycles. The van der Waals surface area contributed by atoms with Gasteiger partial charge in [-0.15, -0.1) is 0 Å². The summed E-state index contributed by atoms with van der Waals surface area (Å²) in [7, 11) is 0. The average Bonchev–Trinajstić information content (AvgIpc) is 2.58. The molecule has 0 spiro atoms. The Morgan fingerprint density at radius 3 is 2.52 bits per heavy atom.